The molecule has 0 aliphatic heterocycles. The fourth-order valence-corrected chi connectivity index (χ4v) is 2.21. The van der Waals surface area contributed by atoms with E-state index in [0.717, 1.165) is 37.7 Å². The molecule has 1 rings (SSSR count). The van der Waals surface area contributed by atoms with Gasteiger partial charge in [-0.05, 0) is 31.5 Å². The largest absolute Gasteiger partial charge is 0.478 e. The van der Waals surface area contributed by atoms with Gasteiger partial charge in [0.25, 0.3) is 0 Å². The van der Waals surface area contributed by atoms with Gasteiger partial charge in [-0.2, -0.15) is 0 Å². The van der Waals surface area contributed by atoms with Crippen molar-refractivity contribution in [2.75, 3.05) is 13.2 Å². The first-order valence-corrected chi connectivity index (χ1v) is 8.07. The van der Waals surface area contributed by atoms with Crippen molar-refractivity contribution in [3.8, 4) is 5.88 Å². The third-order valence-corrected chi connectivity index (χ3v) is 3.32. The van der Waals surface area contributed by atoms with Crippen molar-refractivity contribution in [2.24, 2.45) is 0 Å². The smallest absolute Gasteiger partial charge is 0.213 e. The predicted molar refractivity (Wildman–Crippen MR) is 85.2 cm³/mol. The van der Waals surface area contributed by atoms with Crippen molar-refractivity contribution in [2.45, 2.75) is 65.8 Å². The third kappa shape index (κ3) is 7.49. The second-order valence-electron chi connectivity index (χ2n) is 5.35. The highest BCUT2D eigenvalue weighted by molar-refractivity contribution is 5.24. The van der Waals surface area contributed by atoms with Crippen LogP contribution in [0.1, 0.15) is 63.6 Å². The van der Waals surface area contributed by atoms with Crippen molar-refractivity contribution in [1.29, 1.82) is 0 Å². The van der Waals surface area contributed by atoms with Crippen molar-refractivity contribution in [3.63, 3.8) is 0 Å². The summed E-state index contributed by atoms with van der Waals surface area (Å²) in [6, 6.07) is 4.16. The van der Waals surface area contributed by atoms with Gasteiger partial charge in [-0.25, -0.2) is 4.98 Å². The Morgan fingerprint density at radius 2 is 1.80 bits per heavy atom. The molecule has 0 atom stereocenters. The highest BCUT2D eigenvalue weighted by Gasteiger charge is 2.01. The number of nitrogens with one attached hydrogen (secondary N) is 1. The lowest BCUT2D eigenvalue weighted by molar-refractivity contribution is 0.292. The molecule has 0 fully saturated rings. The van der Waals surface area contributed by atoms with Crippen LogP contribution in [0, 0.1) is 6.92 Å². The van der Waals surface area contributed by atoms with Crippen molar-refractivity contribution >= 4 is 0 Å². The standard InChI is InChI=1S/C17H30N2O/c1-4-6-7-8-9-10-11-20-17-13-16(14-18-5-2)12-15(3)19-17/h12-13,18H,4-11,14H2,1-3H3. The summed E-state index contributed by atoms with van der Waals surface area (Å²) in [6.45, 7) is 9.03. The molecule has 0 spiro atoms. The molecular weight excluding hydrogens is 248 g/mol. The highest BCUT2D eigenvalue weighted by atomic mass is 16.5. The minimum absolute atomic E-state index is 0.770. The van der Waals surface area contributed by atoms with Crippen LogP contribution in [0.4, 0.5) is 0 Å². The Labute approximate surface area is 124 Å². The summed E-state index contributed by atoms with van der Waals surface area (Å²) in [4.78, 5) is 4.44. The van der Waals surface area contributed by atoms with Crippen molar-refractivity contribution in [3.05, 3.63) is 23.4 Å². The fraction of sp³-hybridized carbons (Fsp3) is 0.706. The van der Waals surface area contributed by atoms with Crippen LogP contribution < -0.4 is 10.1 Å². The van der Waals surface area contributed by atoms with E-state index in [1.165, 1.54) is 37.7 Å². The van der Waals surface area contributed by atoms with E-state index in [-0.39, 0.29) is 0 Å². The number of aryl methyl sites for hydroxylation is 1. The van der Waals surface area contributed by atoms with E-state index in [4.69, 9.17) is 4.74 Å². The Morgan fingerprint density at radius 3 is 2.55 bits per heavy atom. The number of pyridine rings is 1. The number of hydrogen-bond donors (Lipinski definition) is 1. The van der Waals surface area contributed by atoms with Crippen LogP contribution in [-0.4, -0.2) is 18.1 Å². The molecule has 0 aliphatic carbocycles. The predicted octanol–water partition coefficient (Wildman–Crippen LogP) is 4.24. The molecule has 0 bridgehead atoms. The van der Waals surface area contributed by atoms with Crippen LogP contribution >= 0.6 is 0 Å². The number of nitrogens with zero attached hydrogens (tertiary/aromatic N) is 1. The SMILES string of the molecule is CCCCCCCCOc1cc(CNCC)cc(C)n1. The summed E-state index contributed by atoms with van der Waals surface area (Å²) in [5.41, 5.74) is 2.27. The van der Waals surface area contributed by atoms with E-state index in [1.807, 2.05) is 13.0 Å². The lowest BCUT2D eigenvalue weighted by atomic mass is 10.1. The van der Waals surface area contributed by atoms with Gasteiger partial charge < -0.3 is 10.1 Å². The van der Waals surface area contributed by atoms with Gasteiger partial charge in [-0.3, -0.25) is 0 Å². The van der Waals surface area contributed by atoms with Crippen molar-refractivity contribution in [1.82, 2.24) is 10.3 Å². The number of aromatic nitrogens is 1. The molecule has 1 heterocycles. The first-order valence-electron chi connectivity index (χ1n) is 8.07. The van der Waals surface area contributed by atoms with Gasteiger partial charge in [0.15, 0.2) is 0 Å². The van der Waals surface area contributed by atoms with E-state index < -0.39 is 0 Å². The molecule has 3 heteroatoms. The molecule has 1 N–H and O–H groups in total. The maximum atomic E-state index is 5.78. The van der Waals surface area contributed by atoms with Gasteiger partial charge in [0.1, 0.15) is 0 Å². The first-order chi connectivity index (χ1) is 9.76. The number of unbranched alkanes of at least 4 members (excludes halogenated alkanes) is 5. The fourth-order valence-electron chi connectivity index (χ4n) is 2.21. The van der Waals surface area contributed by atoms with Crippen LogP contribution in [-0.2, 0) is 6.54 Å². The van der Waals surface area contributed by atoms with Crippen molar-refractivity contribution < 1.29 is 4.74 Å². The molecular formula is C17H30N2O. The maximum Gasteiger partial charge on any atom is 0.213 e. The maximum absolute atomic E-state index is 5.78. The summed E-state index contributed by atoms with van der Waals surface area (Å²) in [5, 5.41) is 3.33. The summed E-state index contributed by atoms with van der Waals surface area (Å²) >= 11 is 0. The zero-order chi connectivity index (χ0) is 14.6. The molecule has 0 aliphatic rings. The zero-order valence-corrected chi connectivity index (χ0v) is 13.4. The second kappa shape index (κ2) is 10.7. The lowest BCUT2D eigenvalue weighted by Gasteiger charge is -2.09. The summed E-state index contributed by atoms with van der Waals surface area (Å²) < 4.78 is 5.78. The van der Waals surface area contributed by atoms with Crippen LogP contribution in [0.3, 0.4) is 0 Å². The topological polar surface area (TPSA) is 34.1 Å². The summed E-state index contributed by atoms with van der Waals surface area (Å²) in [6.07, 6.45) is 7.72. The number of rotatable bonds is 11. The Bertz CT molecular complexity index is 366. The van der Waals surface area contributed by atoms with Gasteiger partial charge >= 0.3 is 0 Å². The van der Waals surface area contributed by atoms with E-state index in [0.29, 0.717) is 0 Å². The van der Waals surface area contributed by atoms with E-state index in [1.54, 1.807) is 0 Å². The van der Waals surface area contributed by atoms with Gasteiger partial charge in [-0.15, -0.1) is 0 Å². The Kier molecular flexibility index (Phi) is 9.05. The molecule has 0 aromatic carbocycles. The summed E-state index contributed by atoms with van der Waals surface area (Å²) in [5.74, 6) is 0.770. The minimum Gasteiger partial charge on any atom is -0.478 e. The molecule has 0 radical (unpaired) electrons. The molecule has 0 amide bonds. The molecule has 0 saturated heterocycles. The monoisotopic (exact) mass is 278 g/mol. The summed E-state index contributed by atoms with van der Waals surface area (Å²) in [7, 11) is 0. The van der Waals surface area contributed by atoms with E-state index in [2.05, 4.69) is 30.2 Å². The van der Waals surface area contributed by atoms with E-state index >= 15 is 0 Å². The third-order valence-electron chi connectivity index (χ3n) is 3.32. The molecule has 0 saturated carbocycles. The zero-order valence-electron chi connectivity index (χ0n) is 13.4. The molecule has 0 unspecified atom stereocenters. The van der Waals surface area contributed by atoms with Gasteiger partial charge in [0.2, 0.25) is 5.88 Å². The lowest BCUT2D eigenvalue weighted by Crippen LogP contribution is -2.12. The van der Waals surface area contributed by atoms with Gasteiger partial charge in [0.05, 0.1) is 6.61 Å². The molecule has 1 aromatic rings. The first kappa shape index (κ1) is 17.0. The minimum atomic E-state index is 0.770. The van der Waals surface area contributed by atoms with Crippen LogP contribution in [0.25, 0.3) is 0 Å². The Hall–Kier alpha value is -1.09. The number of ether oxygens (including phenoxy) is 1. The molecule has 1 aromatic heterocycles. The van der Waals surface area contributed by atoms with E-state index in [9.17, 15) is 0 Å². The average molecular weight is 278 g/mol. The normalized spacial score (nSPS) is 10.8. The van der Waals surface area contributed by atoms with Gasteiger partial charge in [0, 0.05) is 18.3 Å². The van der Waals surface area contributed by atoms with Crippen LogP contribution in [0.15, 0.2) is 12.1 Å². The van der Waals surface area contributed by atoms with Crippen LogP contribution in [0.5, 0.6) is 5.88 Å². The molecule has 3 nitrogen and oxygen atoms in total. The number of hydrogen-bond acceptors (Lipinski definition) is 3. The average Bonchev–Trinajstić information content (AvgIpc) is 2.43. The second-order valence-corrected chi connectivity index (χ2v) is 5.35. The highest BCUT2D eigenvalue weighted by Crippen LogP contribution is 2.13. The van der Waals surface area contributed by atoms with Gasteiger partial charge in [-0.1, -0.05) is 46.0 Å². The Morgan fingerprint density at radius 1 is 1.05 bits per heavy atom. The Balaban J connectivity index is 2.26. The molecule has 20 heavy (non-hydrogen) atoms. The van der Waals surface area contributed by atoms with Crippen LogP contribution in [0.2, 0.25) is 0 Å². The quantitative estimate of drug-likeness (QED) is 0.615. The molecule has 114 valence electrons.